The summed E-state index contributed by atoms with van der Waals surface area (Å²) in [5.41, 5.74) is 0. The number of hydrogen-bond acceptors (Lipinski definition) is 7. The Hall–Kier alpha value is -2.29. The Kier molecular flexibility index (Phi) is 38.5. The Morgan fingerprint density at radius 2 is 0.983 bits per heavy atom. The van der Waals surface area contributed by atoms with Crippen LogP contribution in [0.15, 0.2) is 60.8 Å². The number of quaternary nitrogens is 1. The number of allylic oxidation sites excluding steroid dienone is 10. The molecule has 1 unspecified atom stereocenters. The monoisotopic (exact) mass is 837 g/mol. The predicted molar refractivity (Wildman–Crippen MR) is 243 cm³/mol. The molecule has 0 aliphatic heterocycles. The van der Waals surface area contributed by atoms with Gasteiger partial charge in [-0.05, 0) is 51.4 Å². The van der Waals surface area contributed by atoms with Gasteiger partial charge in [-0.2, -0.15) is 0 Å². The molecule has 0 aromatic heterocycles. The molecule has 0 amide bonds. The smallest absolute Gasteiger partial charge is 0.462 e. The molecule has 2 atom stereocenters. The Morgan fingerprint density at radius 3 is 1.45 bits per heavy atom. The van der Waals surface area contributed by atoms with E-state index in [4.69, 9.17) is 18.5 Å². The number of phosphoric acid groups is 1. The minimum Gasteiger partial charge on any atom is -0.462 e. The first-order valence-corrected chi connectivity index (χ1v) is 24.5. The second kappa shape index (κ2) is 40.1. The van der Waals surface area contributed by atoms with Crippen molar-refractivity contribution >= 4 is 19.8 Å². The van der Waals surface area contributed by atoms with E-state index in [1.165, 1.54) is 89.9 Å². The minimum atomic E-state index is -4.39. The maximum atomic E-state index is 12.7. The van der Waals surface area contributed by atoms with Gasteiger partial charge in [0.2, 0.25) is 0 Å². The van der Waals surface area contributed by atoms with E-state index in [0.717, 1.165) is 51.4 Å². The normalized spacial score (nSPS) is 14.1. The van der Waals surface area contributed by atoms with Gasteiger partial charge in [0.1, 0.15) is 19.8 Å². The van der Waals surface area contributed by atoms with E-state index in [2.05, 4.69) is 74.6 Å². The summed E-state index contributed by atoms with van der Waals surface area (Å²) < 4.78 is 34.3. The maximum Gasteiger partial charge on any atom is 0.472 e. The second-order valence-electron chi connectivity index (χ2n) is 16.4. The lowest BCUT2D eigenvalue weighted by Crippen LogP contribution is -2.37. The third kappa shape index (κ3) is 43.3. The van der Waals surface area contributed by atoms with Crippen molar-refractivity contribution in [2.24, 2.45) is 0 Å². The zero-order valence-corrected chi connectivity index (χ0v) is 38.7. The molecule has 336 valence electrons. The van der Waals surface area contributed by atoms with E-state index in [0.29, 0.717) is 23.9 Å². The number of rotatable bonds is 41. The SMILES string of the molecule is CC/C=C/C/C=C/C/C=C/C/C=C/C/C=C/CCCC(=O)OC[C@H](COP(=O)(O)OCC[N+](C)(C)C)OC(=O)CCCCCCCCCCCCCCCCCCC. The van der Waals surface area contributed by atoms with Crippen LogP contribution in [0.3, 0.4) is 0 Å². The van der Waals surface area contributed by atoms with Crippen LogP contribution >= 0.6 is 7.82 Å². The largest absolute Gasteiger partial charge is 0.472 e. The highest BCUT2D eigenvalue weighted by Gasteiger charge is 2.27. The van der Waals surface area contributed by atoms with Crippen LogP contribution in [0.4, 0.5) is 0 Å². The summed E-state index contributed by atoms with van der Waals surface area (Å²) in [4.78, 5) is 35.4. The van der Waals surface area contributed by atoms with E-state index < -0.39 is 32.5 Å². The second-order valence-corrected chi connectivity index (χ2v) is 17.9. The summed E-state index contributed by atoms with van der Waals surface area (Å²) in [6.45, 7) is 4.25. The zero-order chi connectivity index (χ0) is 42.8. The van der Waals surface area contributed by atoms with Gasteiger partial charge >= 0.3 is 19.8 Å². The highest BCUT2D eigenvalue weighted by Crippen LogP contribution is 2.43. The van der Waals surface area contributed by atoms with E-state index in [1.54, 1.807) is 0 Å². The molecule has 0 aliphatic rings. The van der Waals surface area contributed by atoms with Gasteiger partial charge < -0.3 is 18.9 Å². The van der Waals surface area contributed by atoms with Crippen LogP contribution in [0.25, 0.3) is 0 Å². The van der Waals surface area contributed by atoms with Crippen molar-refractivity contribution in [3.63, 3.8) is 0 Å². The predicted octanol–water partition coefficient (Wildman–Crippen LogP) is 13.2. The zero-order valence-electron chi connectivity index (χ0n) is 37.8. The van der Waals surface area contributed by atoms with Crippen molar-refractivity contribution in [3.05, 3.63) is 60.8 Å². The average molecular weight is 837 g/mol. The molecule has 1 N–H and O–H groups in total. The number of likely N-dealkylation sites (N-methyl/N-ethyl adjacent to an activating group) is 1. The summed E-state index contributed by atoms with van der Waals surface area (Å²) in [5.74, 6) is -0.865. The fraction of sp³-hybridized carbons (Fsp3) is 0.750. The first kappa shape index (κ1) is 55.7. The van der Waals surface area contributed by atoms with Crippen LogP contribution in [0.1, 0.15) is 181 Å². The quantitative estimate of drug-likeness (QED) is 0.0213. The van der Waals surface area contributed by atoms with Crippen molar-refractivity contribution in [1.29, 1.82) is 0 Å². The molecule has 0 saturated heterocycles. The van der Waals surface area contributed by atoms with Gasteiger partial charge in [0.05, 0.1) is 27.7 Å². The fourth-order valence-corrected chi connectivity index (χ4v) is 6.73. The number of hydrogen-bond donors (Lipinski definition) is 1. The van der Waals surface area contributed by atoms with Crippen LogP contribution in [0.5, 0.6) is 0 Å². The summed E-state index contributed by atoms with van der Waals surface area (Å²) in [5, 5.41) is 0. The summed E-state index contributed by atoms with van der Waals surface area (Å²) in [7, 11) is 1.44. The Balaban J connectivity index is 4.41. The Bertz CT molecular complexity index is 1170. The van der Waals surface area contributed by atoms with Gasteiger partial charge in [-0.3, -0.25) is 18.6 Å². The molecule has 0 saturated carbocycles. The lowest BCUT2D eigenvalue weighted by atomic mass is 10.0. The number of ether oxygens (including phenoxy) is 2. The average Bonchev–Trinajstić information content (AvgIpc) is 3.17. The van der Waals surface area contributed by atoms with Crippen molar-refractivity contribution in [1.82, 2.24) is 0 Å². The lowest BCUT2D eigenvalue weighted by Gasteiger charge is -2.24. The molecular weight excluding hydrogens is 750 g/mol. The van der Waals surface area contributed by atoms with Gasteiger partial charge in [0.15, 0.2) is 6.10 Å². The molecule has 0 aromatic rings. The number of phosphoric ester groups is 1. The highest BCUT2D eigenvalue weighted by molar-refractivity contribution is 7.47. The van der Waals surface area contributed by atoms with Crippen molar-refractivity contribution < 1.29 is 42.1 Å². The van der Waals surface area contributed by atoms with Crippen LogP contribution in [0, 0.1) is 0 Å². The van der Waals surface area contributed by atoms with Crippen LogP contribution in [-0.2, 0) is 32.7 Å². The van der Waals surface area contributed by atoms with Crippen LogP contribution in [-0.4, -0.2) is 74.9 Å². The molecule has 0 aliphatic carbocycles. The lowest BCUT2D eigenvalue weighted by molar-refractivity contribution is -0.870. The van der Waals surface area contributed by atoms with E-state index in [1.807, 2.05) is 21.1 Å². The molecule has 9 nitrogen and oxygen atoms in total. The number of carbonyl (C=O) groups is 2. The molecule has 0 aromatic carbocycles. The molecular formula is C48H87NO8P+. The van der Waals surface area contributed by atoms with Crippen LogP contribution < -0.4 is 0 Å². The molecule has 0 spiro atoms. The standard InChI is InChI=1S/C48H86NO8P/c1-6-8-10-12-14-16-18-20-22-24-26-28-30-32-34-36-38-40-47(50)54-44-46(45-56-58(52,53)55-43-42-49(3,4)5)57-48(51)41-39-37-35-33-31-29-27-25-23-21-19-17-15-13-11-9-7-2/h8,10,14,16,20,22,26,28,32,34,46H,6-7,9,11-13,15,17-19,21,23-25,27,29-31,33,35-45H2,1-5H3/p+1/b10-8+,16-14+,22-20+,28-26+,34-32+/t46-/m1/s1. The third-order valence-electron chi connectivity index (χ3n) is 9.56. The molecule has 58 heavy (non-hydrogen) atoms. The highest BCUT2D eigenvalue weighted by atomic mass is 31.2. The Morgan fingerprint density at radius 1 is 0.552 bits per heavy atom. The number of esters is 2. The Labute approximate surface area is 356 Å². The molecule has 0 radical (unpaired) electrons. The van der Waals surface area contributed by atoms with Crippen molar-refractivity contribution in [2.75, 3.05) is 47.5 Å². The summed E-state index contributed by atoms with van der Waals surface area (Å²) in [6.07, 6.45) is 48.5. The first-order chi connectivity index (χ1) is 28.0. The number of carbonyl (C=O) groups excluding carboxylic acids is 2. The van der Waals surface area contributed by atoms with Gasteiger partial charge in [-0.1, -0.05) is 177 Å². The molecule has 0 fully saturated rings. The van der Waals surface area contributed by atoms with Gasteiger partial charge in [-0.15, -0.1) is 0 Å². The fourth-order valence-electron chi connectivity index (χ4n) is 5.99. The van der Waals surface area contributed by atoms with E-state index >= 15 is 0 Å². The van der Waals surface area contributed by atoms with Crippen molar-refractivity contribution in [2.45, 2.75) is 187 Å². The molecule has 0 bridgehead atoms. The minimum absolute atomic E-state index is 0.0217. The first-order valence-electron chi connectivity index (χ1n) is 23.0. The number of nitrogens with zero attached hydrogens (tertiary/aromatic N) is 1. The maximum absolute atomic E-state index is 12.7. The number of unbranched alkanes of at least 4 members (excludes halogenated alkanes) is 17. The van der Waals surface area contributed by atoms with E-state index in [9.17, 15) is 19.0 Å². The molecule has 10 heteroatoms. The topological polar surface area (TPSA) is 108 Å². The molecule has 0 rings (SSSR count). The van der Waals surface area contributed by atoms with E-state index in [-0.39, 0.29) is 26.1 Å². The van der Waals surface area contributed by atoms with Crippen molar-refractivity contribution in [3.8, 4) is 0 Å². The summed E-state index contributed by atoms with van der Waals surface area (Å²) in [6, 6.07) is 0. The van der Waals surface area contributed by atoms with Gasteiger partial charge in [-0.25, -0.2) is 4.57 Å². The third-order valence-corrected chi connectivity index (χ3v) is 10.5. The van der Waals surface area contributed by atoms with Gasteiger partial charge in [0, 0.05) is 12.8 Å². The molecule has 0 heterocycles. The van der Waals surface area contributed by atoms with Crippen LogP contribution in [0.2, 0.25) is 0 Å². The summed E-state index contributed by atoms with van der Waals surface area (Å²) >= 11 is 0. The van der Waals surface area contributed by atoms with Gasteiger partial charge in [0.25, 0.3) is 0 Å².